The lowest BCUT2D eigenvalue weighted by atomic mass is 10.0. The number of nitrogens with one attached hydrogen (secondary N) is 1. The van der Waals surface area contributed by atoms with Gasteiger partial charge in [0.05, 0.1) is 11.7 Å². The molecule has 0 aliphatic carbocycles. The van der Waals surface area contributed by atoms with Gasteiger partial charge in [0.2, 0.25) is 0 Å². The zero-order valence-corrected chi connectivity index (χ0v) is 15.0. The molecule has 0 unspecified atom stereocenters. The number of ether oxygens (including phenoxy) is 2. The lowest BCUT2D eigenvalue weighted by Crippen LogP contribution is -2.25. The first-order chi connectivity index (χ1) is 11.5. The van der Waals surface area contributed by atoms with Crippen molar-refractivity contribution in [2.45, 2.75) is 45.9 Å². The summed E-state index contributed by atoms with van der Waals surface area (Å²) in [6.45, 7) is 7.21. The molecule has 1 aliphatic heterocycles. The second-order valence-corrected chi connectivity index (χ2v) is 6.28. The molecule has 2 aromatic rings. The Labute approximate surface area is 142 Å². The molecular formula is C17H25N5O2. The van der Waals surface area contributed by atoms with Gasteiger partial charge in [0, 0.05) is 43.8 Å². The van der Waals surface area contributed by atoms with Crippen LogP contribution in [0, 0.1) is 20.8 Å². The number of hydrogen-bond acceptors (Lipinski definition) is 6. The van der Waals surface area contributed by atoms with Crippen molar-refractivity contribution in [2.75, 3.05) is 19.0 Å². The monoisotopic (exact) mass is 331 g/mol. The lowest BCUT2D eigenvalue weighted by Gasteiger charge is -2.21. The number of aryl methyl sites for hydroxylation is 3. The third-order valence-corrected chi connectivity index (χ3v) is 4.45. The van der Waals surface area contributed by atoms with E-state index in [1.165, 1.54) is 5.56 Å². The second-order valence-electron chi connectivity index (χ2n) is 6.28. The summed E-state index contributed by atoms with van der Waals surface area (Å²) < 4.78 is 13.1. The van der Waals surface area contributed by atoms with Crippen LogP contribution in [-0.4, -0.2) is 39.5 Å². The van der Waals surface area contributed by atoms with Crippen LogP contribution in [0.4, 0.5) is 5.82 Å². The van der Waals surface area contributed by atoms with Crippen molar-refractivity contribution in [1.29, 1.82) is 0 Å². The maximum absolute atomic E-state index is 6.02. The minimum absolute atomic E-state index is 0.0140. The molecule has 0 spiro atoms. The SMILES string of the molecule is COCc1nc(C)cc(N[C@H]2CCO[C@@H]2c2c(C)nn(C)c2C)n1. The molecule has 3 heterocycles. The molecule has 0 bridgehead atoms. The Morgan fingerprint density at radius 1 is 1.33 bits per heavy atom. The number of nitrogens with zero attached hydrogens (tertiary/aromatic N) is 4. The molecule has 1 aliphatic rings. The average molecular weight is 331 g/mol. The number of methoxy groups -OCH3 is 1. The fourth-order valence-corrected chi connectivity index (χ4v) is 3.31. The van der Waals surface area contributed by atoms with Crippen molar-refractivity contribution in [1.82, 2.24) is 19.7 Å². The Morgan fingerprint density at radius 3 is 2.79 bits per heavy atom. The van der Waals surface area contributed by atoms with Gasteiger partial charge in [0.25, 0.3) is 0 Å². The van der Waals surface area contributed by atoms with Crippen molar-refractivity contribution >= 4 is 5.82 Å². The highest BCUT2D eigenvalue weighted by atomic mass is 16.5. The molecule has 1 fully saturated rings. The third kappa shape index (κ3) is 3.27. The van der Waals surface area contributed by atoms with Crippen LogP contribution in [0.2, 0.25) is 0 Å². The molecule has 7 nitrogen and oxygen atoms in total. The van der Waals surface area contributed by atoms with Crippen molar-refractivity contribution in [2.24, 2.45) is 7.05 Å². The molecule has 2 atom stereocenters. The van der Waals surface area contributed by atoms with Crippen LogP contribution in [0.25, 0.3) is 0 Å². The Balaban J connectivity index is 1.84. The number of rotatable bonds is 5. The first-order valence-corrected chi connectivity index (χ1v) is 8.21. The van der Waals surface area contributed by atoms with Crippen molar-refractivity contribution in [3.05, 3.63) is 34.5 Å². The molecular weight excluding hydrogens is 306 g/mol. The molecule has 0 saturated carbocycles. The van der Waals surface area contributed by atoms with Gasteiger partial charge in [-0.15, -0.1) is 0 Å². The largest absolute Gasteiger partial charge is 0.377 e. The normalized spacial score (nSPS) is 20.5. The van der Waals surface area contributed by atoms with Gasteiger partial charge in [-0.25, -0.2) is 9.97 Å². The van der Waals surface area contributed by atoms with Crippen molar-refractivity contribution in [3.63, 3.8) is 0 Å². The molecule has 0 radical (unpaired) electrons. The van der Waals surface area contributed by atoms with E-state index in [0.29, 0.717) is 12.4 Å². The van der Waals surface area contributed by atoms with Crippen LogP contribution in [0.1, 0.15) is 41.0 Å². The molecule has 2 aromatic heterocycles. The molecule has 130 valence electrons. The number of hydrogen-bond donors (Lipinski definition) is 1. The summed E-state index contributed by atoms with van der Waals surface area (Å²) in [6.07, 6.45) is 0.918. The number of anilines is 1. The predicted molar refractivity (Wildman–Crippen MR) is 90.9 cm³/mol. The van der Waals surface area contributed by atoms with Gasteiger partial charge in [0.1, 0.15) is 18.5 Å². The molecule has 1 saturated heterocycles. The highest BCUT2D eigenvalue weighted by Gasteiger charge is 2.33. The zero-order valence-electron chi connectivity index (χ0n) is 15.0. The molecule has 0 amide bonds. The van der Waals surface area contributed by atoms with Gasteiger partial charge in [-0.3, -0.25) is 4.68 Å². The standard InChI is InChI=1S/C17H25N5O2/c1-10-8-14(20-15(18-10)9-23-5)19-13-6-7-24-17(13)16-11(2)21-22(4)12(16)3/h8,13,17H,6-7,9H2,1-5H3,(H,18,19,20)/t13-,17-/m0/s1. The lowest BCUT2D eigenvalue weighted by molar-refractivity contribution is 0.106. The van der Waals surface area contributed by atoms with Crippen LogP contribution < -0.4 is 5.32 Å². The Bertz CT molecular complexity index is 728. The van der Waals surface area contributed by atoms with Gasteiger partial charge >= 0.3 is 0 Å². The zero-order chi connectivity index (χ0) is 17.3. The van der Waals surface area contributed by atoms with E-state index in [0.717, 1.165) is 35.9 Å². The van der Waals surface area contributed by atoms with E-state index in [-0.39, 0.29) is 12.1 Å². The molecule has 24 heavy (non-hydrogen) atoms. The quantitative estimate of drug-likeness (QED) is 0.905. The van der Waals surface area contributed by atoms with Crippen LogP contribution >= 0.6 is 0 Å². The van der Waals surface area contributed by atoms with E-state index in [4.69, 9.17) is 9.47 Å². The topological polar surface area (TPSA) is 74.1 Å². The molecule has 1 N–H and O–H groups in total. The predicted octanol–water partition coefficient (Wildman–Crippen LogP) is 2.22. The summed E-state index contributed by atoms with van der Waals surface area (Å²) in [5.41, 5.74) is 4.26. The van der Waals surface area contributed by atoms with Gasteiger partial charge < -0.3 is 14.8 Å². The van der Waals surface area contributed by atoms with Gasteiger partial charge in [-0.2, -0.15) is 5.10 Å². The van der Waals surface area contributed by atoms with E-state index in [1.54, 1.807) is 7.11 Å². The maximum atomic E-state index is 6.02. The summed E-state index contributed by atoms with van der Waals surface area (Å²) in [6, 6.07) is 2.12. The van der Waals surface area contributed by atoms with Gasteiger partial charge in [-0.05, 0) is 27.2 Å². The van der Waals surface area contributed by atoms with E-state index in [9.17, 15) is 0 Å². The highest BCUT2D eigenvalue weighted by Crippen LogP contribution is 2.34. The van der Waals surface area contributed by atoms with Gasteiger partial charge in [0.15, 0.2) is 5.82 Å². The van der Waals surface area contributed by atoms with Crippen LogP contribution in [0.15, 0.2) is 6.07 Å². The second kappa shape index (κ2) is 6.86. The summed E-state index contributed by atoms with van der Waals surface area (Å²) in [4.78, 5) is 8.93. The minimum Gasteiger partial charge on any atom is -0.377 e. The first kappa shape index (κ1) is 16.9. The summed E-state index contributed by atoms with van der Waals surface area (Å²) >= 11 is 0. The summed E-state index contributed by atoms with van der Waals surface area (Å²) in [7, 11) is 3.61. The number of aromatic nitrogens is 4. The van der Waals surface area contributed by atoms with Crippen LogP contribution in [-0.2, 0) is 23.1 Å². The third-order valence-electron chi connectivity index (χ3n) is 4.45. The van der Waals surface area contributed by atoms with E-state index in [2.05, 4.69) is 27.3 Å². The fraction of sp³-hybridized carbons (Fsp3) is 0.588. The van der Waals surface area contributed by atoms with E-state index < -0.39 is 0 Å². The van der Waals surface area contributed by atoms with E-state index in [1.807, 2.05) is 31.6 Å². The van der Waals surface area contributed by atoms with Gasteiger partial charge in [-0.1, -0.05) is 0 Å². The fourth-order valence-electron chi connectivity index (χ4n) is 3.31. The average Bonchev–Trinajstić information content (AvgIpc) is 3.04. The van der Waals surface area contributed by atoms with Crippen LogP contribution in [0.5, 0.6) is 0 Å². The highest BCUT2D eigenvalue weighted by molar-refractivity contribution is 5.40. The maximum Gasteiger partial charge on any atom is 0.156 e. The minimum atomic E-state index is -0.0140. The summed E-state index contributed by atoms with van der Waals surface area (Å²) in [5.74, 6) is 1.50. The Hall–Kier alpha value is -1.99. The van der Waals surface area contributed by atoms with Crippen LogP contribution in [0.3, 0.4) is 0 Å². The first-order valence-electron chi connectivity index (χ1n) is 8.21. The smallest absolute Gasteiger partial charge is 0.156 e. The molecule has 0 aromatic carbocycles. The molecule has 3 rings (SSSR count). The Morgan fingerprint density at radius 2 is 2.12 bits per heavy atom. The Kier molecular flexibility index (Phi) is 4.82. The van der Waals surface area contributed by atoms with Crippen molar-refractivity contribution in [3.8, 4) is 0 Å². The van der Waals surface area contributed by atoms with Crippen molar-refractivity contribution < 1.29 is 9.47 Å². The molecule has 7 heteroatoms. The summed E-state index contributed by atoms with van der Waals surface area (Å²) in [5, 5.41) is 8.04. The van der Waals surface area contributed by atoms with E-state index >= 15 is 0 Å².